The van der Waals surface area contributed by atoms with E-state index in [4.69, 9.17) is 11.6 Å². The monoisotopic (exact) mass is 331 g/mol. The Morgan fingerprint density at radius 3 is 2.86 bits per heavy atom. The summed E-state index contributed by atoms with van der Waals surface area (Å²) in [6.45, 7) is 3.91. The van der Waals surface area contributed by atoms with Gasteiger partial charge in [0.05, 0.1) is 22.5 Å². The van der Waals surface area contributed by atoms with Crippen molar-refractivity contribution in [2.75, 3.05) is 4.90 Å². The summed E-state index contributed by atoms with van der Waals surface area (Å²) in [5.74, 6) is -0.0616. The van der Waals surface area contributed by atoms with Gasteiger partial charge in [0.2, 0.25) is 5.91 Å². The number of anilines is 1. The van der Waals surface area contributed by atoms with Crippen molar-refractivity contribution in [1.82, 2.24) is 9.97 Å². The Labute approximate surface area is 137 Å². The van der Waals surface area contributed by atoms with Crippen LogP contribution in [0.15, 0.2) is 36.5 Å². The minimum atomic E-state index is -0.0616. The fourth-order valence-electron chi connectivity index (χ4n) is 2.23. The molecule has 0 fully saturated rings. The van der Waals surface area contributed by atoms with E-state index in [2.05, 4.69) is 9.97 Å². The zero-order valence-corrected chi connectivity index (χ0v) is 13.8. The SMILES string of the molecule is CC(=O)N(Cc1ccccn1)c1nc2c(C)cc(Cl)cc2s1. The molecule has 0 aliphatic heterocycles. The molecule has 0 saturated carbocycles. The summed E-state index contributed by atoms with van der Waals surface area (Å²) in [6, 6.07) is 9.41. The second kappa shape index (κ2) is 6.02. The molecule has 1 amide bonds. The van der Waals surface area contributed by atoms with E-state index >= 15 is 0 Å². The number of carbonyl (C=O) groups excluding carboxylic acids is 1. The van der Waals surface area contributed by atoms with E-state index in [1.54, 1.807) is 11.1 Å². The second-order valence-corrected chi connectivity index (χ2v) is 6.44. The molecule has 1 aromatic carbocycles. The van der Waals surface area contributed by atoms with Crippen molar-refractivity contribution >= 4 is 44.2 Å². The van der Waals surface area contributed by atoms with E-state index in [-0.39, 0.29) is 5.91 Å². The Kier molecular flexibility index (Phi) is 4.09. The molecule has 0 saturated heterocycles. The van der Waals surface area contributed by atoms with Gasteiger partial charge in [0.25, 0.3) is 0 Å². The number of nitrogens with zero attached hydrogens (tertiary/aromatic N) is 3. The quantitative estimate of drug-likeness (QED) is 0.722. The van der Waals surface area contributed by atoms with Crippen LogP contribution < -0.4 is 4.90 Å². The smallest absolute Gasteiger partial charge is 0.226 e. The Morgan fingerprint density at radius 2 is 2.18 bits per heavy atom. The first-order chi connectivity index (χ1) is 10.5. The fourth-order valence-corrected chi connectivity index (χ4v) is 3.69. The van der Waals surface area contributed by atoms with Crippen molar-refractivity contribution in [2.45, 2.75) is 20.4 Å². The third-order valence-electron chi connectivity index (χ3n) is 3.30. The molecule has 3 rings (SSSR count). The molecule has 0 N–H and O–H groups in total. The Bertz CT molecular complexity index is 832. The zero-order valence-electron chi connectivity index (χ0n) is 12.2. The van der Waals surface area contributed by atoms with Gasteiger partial charge in [-0.1, -0.05) is 29.0 Å². The van der Waals surface area contributed by atoms with Gasteiger partial charge in [0, 0.05) is 18.1 Å². The lowest BCUT2D eigenvalue weighted by Gasteiger charge is -2.17. The minimum absolute atomic E-state index is 0.0616. The van der Waals surface area contributed by atoms with E-state index in [1.165, 1.54) is 18.3 Å². The van der Waals surface area contributed by atoms with Crippen LogP contribution in [0.1, 0.15) is 18.2 Å². The number of fused-ring (bicyclic) bond motifs is 1. The first kappa shape index (κ1) is 14.9. The lowest BCUT2D eigenvalue weighted by Crippen LogP contribution is -2.28. The predicted octanol–water partition coefficient (Wildman–Crippen LogP) is 4.21. The molecule has 0 spiro atoms. The van der Waals surface area contributed by atoms with Crippen molar-refractivity contribution in [3.63, 3.8) is 0 Å². The largest absolute Gasteiger partial charge is 0.282 e. The molecule has 0 aliphatic carbocycles. The number of halogens is 1. The van der Waals surface area contributed by atoms with Gasteiger partial charge in [0.15, 0.2) is 5.13 Å². The summed E-state index contributed by atoms with van der Waals surface area (Å²) in [5.41, 5.74) is 2.72. The average molecular weight is 332 g/mol. The number of aryl methyl sites for hydroxylation is 1. The summed E-state index contributed by atoms with van der Waals surface area (Å²) >= 11 is 7.56. The number of aromatic nitrogens is 2. The van der Waals surface area contributed by atoms with Crippen LogP contribution in [0.2, 0.25) is 5.02 Å². The van der Waals surface area contributed by atoms with Crippen molar-refractivity contribution in [3.05, 3.63) is 52.8 Å². The van der Waals surface area contributed by atoms with Crippen LogP contribution in [0.3, 0.4) is 0 Å². The van der Waals surface area contributed by atoms with Gasteiger partial charge in [-0.25, -0.2) is 4.98 Å². The molecule has 4 nitrogen and oxygen atoms in total. The lowest BCUT2D eigenvalue weighted by atomic mass is 10.2. The number of benzene rings is 1. The zero-order chi connectivity index (χ0) is 15.7. The van der Waals surface area contributed by atoms with Gasteiger partial charge in [-0.2, -0.15) is 0 Å². The molecule has 0 radical (unpaired) electrons. The molecule has 2 heterocycles. The third-order valence-corrected chi connectivity index (χ3v) is 4.54. The van der Waals surface area contributed by atoms with E-state index < -0.39 is 0 Å². The van der Waals surface area contributed by atoms with Gasteiger partial charge in [0.1, 0.15) is 0 Å². The summed E-state index contributed by atoms with van der Waals surface area (Å²) in [6.07, 6.45) is 1.72. The van der Waals surface area contributed by atoms with Gasteiger partial charge in [-0.15, -0.1) is 0 Å². The standard InChI is InChI=1S/C16H14ClN3OS/c1-10-7-12(17)8-14-15(10)19-16(22-14)20(11(2)21)9-13-5-3-4-6-18-13/h3-8H,9H2,1-2H3. The van der Waals surface area contributed by atoms with Gasteiger partial charge in [-0.05, 0) is 36.8 Å². The van der Waals surface area contributed by atoms with Crippen LogP contribution in [0.25, 0.3) is 10.2 Å². The Balaban J connectivity index is 2.02. The molecular formula is C16H14ClN3OS. The molecular weight excluding hydrogens is 318 g/mol. The molecule has 0 bridgehead atoms. The van der Waals surface area contributed by atoms with Crippen LogP contribution >= 0.6 is 22.9 Å². The van der Waals surface area contributed by atoms with Gasteiger partial charge < -0.3 is 0 Å². The van der Waals surface area contributed by atoms with Crippen LogP contribution in [0.4, 0.5) is 5.13 Å². The average Bonchev–Trinajstić information content (AvgIpc) is 2.89. The molecule has 2 aromatic heterocycles. The molecule has 0 atom stereocenters. The topological polar surface area (TPSA) is 46.1 Å². The van der Waals surface area contributed by atoms with Crippen LogP contribution in [-0.4, -0.2) is 15.9 Å². The number of carbonyl (C=O) groups is 1. The summed E-state index contributed by atoms with van der Waals surface area (Å²) < 4.78 is 0.979. The highest BCUT2D eigenvalue weighted by atomic mass is 35.5. The molecule has 112 valence electrons. The van der Waals surface area contributed by atoms with Crippen molar-refractivity contribution in [3.8, 4) is 0 Å². The van der Waals surface area contributed by atoms with Crippen molar-refractivity contribution in [2.24, 2.45) is 0 Å². The summed E-state index contributed by atoms with van der Waals surface area (Å²) in [4.78, 5) is 22.5. The lowest BCUT2D eigenvalue weighted by molar-refractivity contribution is -0.116. The minimum Gasteiger partial charge on any atom is -0.282 e. The number of thiazole rings is 1. The highest BCUT2D eigenvalue weighted by Gasteiger charge is 2.18. The van der Waals surface area contributed by atoms with Crippen molar-refractivity contribution in [1.29, 1.82) is 0 Å². The van der Waals surface area contributed by atoms with Gasteiger partial charge >= 0.3 is 0 Å². The third kappa shape index (κ3) is 2.96. The summed E-state index contributed by atoms with van der Waals surface area (Å²) in [7, 11) is 0. The molecule has 3 aromatic rings. The predicted molar refractivity (Wildman–Crippen MR) is 90.5 cm³/mol. The van der Waals surface area contributed by atoms with E-state index in [0.29, 0.717) is 16.7 Å². The number of hydrogen-bond acceptors (Lipinski definition) is 4. The Morgan fingerprint density at radius 1 is 1.36 bits per heavy atom. The number of amides is 1. The molecule has 22 heavy (non-hydrogen) atoms. The maximum absolute atomic E-state index is 12.0. The second-order valence-electron chi connectivity index (χ2n) is 4.99. The van der Waals surface area contributed by atoms with E-state index in [0.717, 1.165) is 21.5 Å². The molecule has 6 heteroatoms. The highest BCUT2D eigenvalue weighted by Crippen LogP contribution is 2.33. The van der Waals surface area contributed by atoms with Crippen molar-refractivity contribution < 1.29 is 4.79 Å². The number of hydrogen-bond donors (Lipinski definition) is 0. The van der Waals surface area contributed by atoms with Crippen LogP contribution in [0.5, 0.6) is 0 Å². The maximum Gasteiger partial charge on any atom is 0.226 e. The Hall–Kier alpha value is -1.98. The number of rotatable bonds is 3. The van der Waals surface area contributed by atoms with Crippen LogP contribution in [-0.2, 0) is 11.3 Å². The molecule has 0 unspecified atom stereocenters. The first-order valence-electron chi connectivity index (χ1n) is 6.79. The fraction of sp³-hybridized carbons (Fsp3) is 0.188. The highest BCUT2D eigenvalue weighted by molar-refractivity contribution is 7.22. The summed E-state index contributed by atoms with van der Waals surface area (Å²) in [5, 5.41) is 1.35. The van der Waals surface area contributed by atoms with E-state index in [9.17, 15) is 4.79 Å². The van der Waals surface area contributed by atoms with Crippen LogP contribution in [0, 0.1) is 6.92 Å². The number of pyridine rings is 1. The van der Waals surface area contributed by atoms with Gasteiger partial charge in [-0.3, -0.25) is 14.7 Å². The van der Waals surface area contributed by atoms with E-state index in [1.807, 2.05) is 37.3 Å². The maximum atomic E-state index is 12.0. The molecule has 0 aliphatic rings. The first-order valence-corrected chi connectivity index (χ1v) is 7.99. The normalized spacial score (nSPS) is 10.9.